The fourth-order valence-corrected chi connectivity index (χ4v) is 5.05. The molecule has 0 saturated carbocycles. The fourth-order valence-electron chi connectivity index (χ4n) is 5.05. The van der Waals surface area contributed by atoms with Crippen molar-refractivity contribution in [3.63, 3.8) is 0 Å². The van der Waals surface area contributed by atoms with E-state index in [4.69, 9.17) is 4.74 Å². The third-order valence-electron chi connectivity index (χ3n) is 6.36. The number of carbonyl (C=O) groups excluding carboxylic acids is 3. The minimum Gasteiger partial charge on any atom is -0.497 e. The lowest BCUT2D eigenvalue weighted by molar-refractivity contribution is -0.143. The van der Waals surface area contributed by atoms with E-state index in [2.05, 4.69) is 10.6 Å². The Hall–Kier alpha value is -3.19. The van der Waals surface area contributed by atoms with Crippen molar-refractivity contribution in [1.29, 1.82) is 0 Å². The number of anilines is 1. The van der Waals surface area contributed by atoms with Crippen molar-refractivity contribution < 1.29 is 19.1 Å². The number of benzene rings is 2. The van der Waals surface area contributed by atoms with E-state index in [0.29, 0.717) is 11.4 Å². The topological polar surface area (TPSA) is 87.7 Å². The van der Waals surface area contributed by atoms with Gasteiger partial charge in [-0.1, -0.05) is 30.3 Å². The highest BCUT2D eigenvalue weighted by molar-refractivity contribution is 6.15. The number of rotatable bonds is 3. The van der Waals surface area contributed by atoms with Gasteiger partial charge >= 0.3 is 0 Å². The molecule has 4 atom stereocenters. The summed E-state index contributed by atoms with van der Waals surface area (Å²) in [5.41, 5.74) is 1.05. The minimum absolute atomic E-state index is 0.181. The van der Waals surface area contributed by atoms with Crippen molar-refractivity contribution in [3.05, 3.63) is 59.7 Å². The van der Waals surface area contributed by atoms with E-state index in [9.17, 15) is 14.4 Å². The first-order valence-corrected chi connectivity index (χ1v) is 9.64. The number of fused-ring (bicyclic) bond motifs is 4. The van der Waals surface area contributed by atoms with Crippen LogP contribution in [0, 0.1) is 11.8 Å². The van der Waals surface area contributed by atoms with Crippen LogP contribution in [0.3, 0.4) is 0 Å². The zero-order chi connectivity index (χ0) is 20.3. The van der Waals surface area contributed by atoms with Crippen molar-refractivity contribution >= 4 is 23.4 Å². The first-order valence-electron chi connectivity index (χ1n) is 9.64. The second kappa shape index (κ2) is 6.15. The van der Waals surface area contributed by atoms with E-state index in [1.54, 1.807) is 19.2 Å². The van der Waals surface area contributed by atoms with E-state index < -0.39 is 17.4 Å². The number of nitrogens with zero attached hydrogens (tertiary/aromatic N) is 1. The van der Waals surface area contributed by atoms with Crippen molar-refractivity contribution in [1.82, 2.24) is 10.2 Å². The Kier molecular flexibility index (Phi) is 3.79. The molecule has 1 spiro atoms. The van der Waals surface area contributed by atoms with Crippen molar-refractivity contribution in [3.8, 4) is 5.75 Å². The lowest BCUT2D eigenvalue weighted by Crippen LogP contribution is -2.52. The molecule has 3 amide bonds. The van der Waals surface area contributed by atoms with Gasteiger partial charge in [0, 0.05) is 17.3 Å². The number of imide groups is 1. The monoisotopic (exact) mass is 391 g/mol. The summed E-state index contributed by atoms with van der Waals surface area (Å²) in [6.07, 6.45) is 0. The average molecular weight is 391 g/mol. The molecule has 0 unspecified atom stereocenters. The molecule has 7 heteroatoms. The zero-order valence-corrected chi connectivity index (χ0v) is 16.1. The van der Waals surface area contributed by atoms with Crippen LogP contribution >= 0.6 is 0 Å². The maximum absolute atomic E-state index is 13.4. The average Bonchev–Trinajstić information content (AvgIpc) is 3.28. The maximum Gasteiger partial charge on any atom is 0.250 e. The Balaban J connectivity index is 1.53. The molecule has 3 heterocycles. The van der Waals surface area contributed by atoms with Crippen LogP contribution in [0.5, 0.6) is 5.75 Å². The van der Waals surface area contributed by atoms with E-state index >= 15 is 0 Å². The van der Waals surface area contributed by atoms with Gasteiger partial charge in [-0.3, -0.25) is 24.6 Å². The first kappa shape index (κ1) is 17.9. The molecule has 0 aliphatic carbocycles. The van der Waals surface area contributed by atoms with Crippen LogP contribution in [0.25, 0.3) is 0 Å². The maximum atomic E-state index is 13.4. The molecule has 7 nitrogen and oxygen atoms in total. The van der Waals surface area contributed by atoms with Crippen molar-refractivity contribution in [2.24, 2.45) is 11.8 Å². The lowest BCUT2D eigenvalue weighted by atomic mass is 9.76. The number of likely N-dealkylation sites (tertiary alicyclic amines) is 1. The van der Waals surface area contributed by atoms with Gasteiger partial charge in [-0.15, -0.1) is 0 Å². The van der Waals surface area contributed by atoms with Gasteiger partial charge in [-0.05, 0) is 30.7 Å². The molecule has 2 aromatic rings. The van der Waals surface area contributed by atoms with Gasteiger partial charge in [-0.25, -0.2) is 0 Å². The standard InChI is InChI=1S/C22H21N3O4/c1-12-17-18(22(24-12)15-5-3-4-6-16(15)23-21(22)28)20(27)25(19(17)26)11-13-7-9-14(29-2)10-8-13/h3-10,12,17-18,24H,11H2,1-2H3,(H,23,28)/t12-,17-,18-,22-/m1/s1. The summed E-state index contributed by atoms with van der Waals surface area (Å²) in [5, 5.41) is 6.18. The van der Waals surface area contributed by atoms with Gasteiger partial charge in [0.25, 0.3) is 0 Å². The predicted molar refractivity (Wildman–Crippen MR) is 105 cm³/mol. The summed E-state index contributed by atoms with van der Waals surface area (Å²) in [4.78, 5) is 41.0. The van der Waals surface area contributed by atoms with Crippen LogP contribution in [0.1, 0.15) is 18.1 Å². The Morgan fingerprint density at radius 3 is 2.48 bits per heavy atom. The van der Waals surface area contributed by atoms with Crippen molar-refractivity contribution in [2.75, 3.05) is 12.4 Å². The van der Waals surface area contributed by atoms with Crippen LogP contribution in [-0.4, -0.2) is 35.8 Å². The number of carbonyl (C=O) groups is 3. The Morgan fingerprint density at radius 2 is 1.76 bits per heavy atom. The summed E-state index contributed by atoms with van der Waals surface area (Å²) in [6, 6.07) is 14.3. The molecule has 2 aromatic carbocycles. The van der Waals surface area contributed by atoms with Crippen LogP contribution < -0.4 is 15.4 Å². The fraction of sp³-hybridized carbons (Fsp3) is 0.318. The summed E-state index contributed by atoms with van der Waals surface area (Å²) >= 11 is 0. The predicted octanol–water partition coefficient (Wildman–Crippen LogP) is 1.64. The second-order valence-electron chi connectivity index (χ2n) is 7.85. The number of hydrogen-bond donors (Lipinski definition) is 2. The highest BCUT2D eigenvalue weighted by Crippen LogP contribution is 2.52. The molecule has 0 bridgehead atoms. The molecule has 0 aromatic heterocycles. The Morgan fingerprint density at radius 1 is 1.03 bits per heavy atom. The highest BCUT2D eigenvalue weighted by atomic mass is 16.5. The molecule has 2 fully saturated rings. The van der Waals surface area contributed by atoms with E-state index in [-0.39, 0.29) is 30.3 Å². The van der Waals surface area contributed by atoms with Gasteiger partial charge in [-0.2, -0.15) is 0 Å². The number of hydrogen-bond acceptors (Lipinski definition) is 5. The molecular formula is C22H21N3O4. The molecule has 5 rings (SSSR count). The third-order valence-corrected chi connectivity index (χ3v) is 6.36. The summed E-state index contributed by atoms with van der Waals surface area (Å²) < 4.78 is 5.16. The van der Waals surface area contributed by atoms with Crippen LogP contribution in [0.2, 0.25) is 0 Å². The van der Waals surface area contributed by atoms with Crippen LogP contribution in [0.15, 0.2) is 48.5 Å². The van der Waals surface area contributed by atoms with Gasteiger partial charge in [0.2, 0.25) is 17.7 Å². The molecule has 29 heavy (non-hydrogen) atoms. The van der Waals surface area contributed by atoms with Gasteiger partial charge in [0.05, 0.1) is 25.5 Å². The largest absolute Gasteiger partial charge is 0.497 e. The number of amides is 3. The SMILES string of the molecule is COc1ccc(CN2C(=O)[C@@H]3[C@@H](C)N[C@@]4(C(=O)Nc5ccccc54)[C@H]3C2=O)cc1. The highest BCUT2D eigenvalue weighted by Gasteiger charge is 2.69. The summed E-state index contributed by atoms with van der Waals surface area (Å²) in [7, 11) is 1.59. The lowest BCUT2D eigenvalue weighted by Gasteiger charge is -2.29. The summed E-state index contributed by atoms with van der Waals surface area (Å²) in [6.45, 7) is 2.05. The smallest absolute Gasteiger partial charge is 0.250 e. The quantitative estimate of drug-likeness (QED) is 0.777. The summed E-state index contributed by atoms with van der Waals surface area (Å²) in [5.74, 6) is -1.43. The molecule has 3 aliphatic heterocycles. The van der Waals surface area contributed by atoms with Gasteiger partial charge in [0.15, 0.2) is 0 Å². The third kappa shape index (κ3) is 2.31. The second-order valence-corrected chi connectivity index (χ2v) is 7.85. The van der Waals surface area contributed by atoms with Crippen molar-refractivity contribution in [2.45, 2.75) is 25.0 Å². The van der Waals surface area contributed by atoms with E-state index in [0.717, 1.165) is 11.1 Å². The number of methoxy groups -OCH3 is 1. The Bertz CT molecular complexity index is 1030. The first-order chi connectivity index (χ1) is 14.0. The van der Waals surface area contributed by atoms with E-state index in [1.807, 2.05) is 43.3 Å². The molecule has 148 valence electrons. The number of ether oxygens (including phenoxy) is 1. The number of nitrogens with one attached hydrogen (secondary N) is 2. The van der Waals surface area contributed by atoms with Gasteiger partial charge < -0.3 is 10.1 Å². The van der Waals surface area contributed by atoms with Gasteiger partial charge in [0.1, 0.15) is 11.3 Å². The van der Waals surface area contributed by atoms with Crippen LogP contribution in [-0.2, 0) is 26.5 Å². The molecule has 0 radical (unpaired) electrons. The zero-order valence-electron chi connectivity index (χ0n) is 16.1. The Labute approximate surface area is 168 Å². The molecular weight excluding hydrogens is 370 g/mol. The van der Waals surface area contributed by atoms with E-state index in [1.165, 1.54) is 4.90 Å². The van der Waals surface area contributed by atoms with Crippen LogP contribution in [0.4, 0.5) is 5.69 Å². The minimum atomic E-state index is -1.21. The molecule has 2 N–H and O–H groups in total. The molecule has 2 saturated heterocycles. The normalized spacial score (nSPS) is 29.9. The number of para-hydroxylation sites is 1. The molecule has 3 aliphatic rings.